The molecule has 0 saturated carbocycles. The van der Waals surface area contributed by atoms with Gasteiger partial charge in [0.25, 0.3) is 5.91 Å². The van der Waals surface area contributed by atoms with Gasteiger partial charge in [-0.3, -0.25) is 4.79 Å². The van der Waals surface area contributed by atoms with Gasteiger partial charge in [-0.1, -0.05) is 37.3 Å². The van der Waals surface area contributed by atoms with Crippen LogP contribution >= 0.6 is 15.9 Å². The van der Waals surface area contributed by atoms with E-state index in [0.29, 0.717) is 24.5 Å². The van der Waals surface area contributed by atoms with Crippen LogP contribution in [0.1, 0.15) is 29.3 Å². The molecule has 110 valence electrons. The van der Waals surface area contributed by atoms with Crippen LogP contribution in [0.5, 0.6) is 5.75 Å². The van der Waals surface area contributed by atoms with Gasteiger partial charge in [0.15, 0.2) is 0 Å². The number of benzene rings is 2. The fourth-order valence-corrected chi connectivity index (χ4v) is 2.27. The minimum absolute atomic E-state index is 0.0890. The van der Waals surface area contributed by atoms with Crippen LogP contribution in [0, 0.1) is 0 Å². The van der Waals surface area contributed by atoms with Gasteiger partial charge < -0.3 is 10.1 Å². The van der Waals surface area contributed by atoms with Crippen LogP contribution in [0.15, 0.2) is 53.0 Å². The summed E-state index contributed by atoms with van der Waals surface area (Å²) in [6.45, 7) is 3.17. The molecule has 0 bridgehead atoms. The van der Waals surface area contributed by atoms with E-state index in [0.717, 1.165) is 16.5 Å². The number of nitrogens with one attached hydrogen (secondary N) is 1. The van der Waals surface area contributed by atoms with Crippen LogP contribution < -0.4 is 10.1 Å². The van der Waals surface area contributed by atoms with Crippen LogP contribution in [0.4, 0.5) is 0 Å². The highest BCUT2D eigenvalue weighted by Gasteiger charge is 2.10. The van der Waals surface area contributed by atoms with Crippen LogP contribution in [-0.4, -0.2) is 12.5 Å². The lowest BCUT2D eigenvalue weighted by atomic mass is 10.2. The zero-order valence-electron chi connectivity index (χ0n) is 11.9. The Labute approximate surface area is 133 Å². The van der Waals surface area contributed by atoms with E-state index in [9.17, 15) is 4.79 Å². The summed E-state index contributed by atoms with van der Waals surface area (Å²) in [4.78, 5) is 12.1. The molecule has 1 amide bonds. The van der Waals surface area contributed by atoms with E-state index in [2.05, 4.69) is 21.2 Å². The number of carbonyl (C=O) groups is 1. The first kappa shape index (κ1) is 15.6. The molecule has 2 aromatic carbocycles. The second kappa shape index (κ2) is 7.84. The number of amides is 1. The first-order valence-corrected chi connectivity index (χ1v) is 7.74. The van der Waals surface area contributed by atoms with Crippen molar-refractivity contribution in [2.75, 3.05) is 6.54 Å². The summed E-state index contributed by atoms with van der Waals surface area (Å²) in [6.07, 6.45) is 0.910. The topological polar surface area (TPSA) is 38.3 Å². The van der Waals surface area contributed by atoms with Gasteiger partial charge in [0, 0.05) is 11.0 Å². The molecule has 1 N–H and O–H groups in total. The third kappa shape index (κ3) is 4.60. The van der Waals surface area contributed by atoms with Gasteiger partial charge in [-0.2, -0.15) is 0 Å². The third-order valence-corrected chi connectivity index (χ3v) is 3.66. The molecule has 0 radical (unpaired) electrons. The number of carbonyl (C=O) groups excluding carboxylic acids is 1. The van der Waals surface area contributed by atoms with Crippen LogP contribution in [0.25, 0.3) is 0 Å². The molecular weight excluding hydrogens is 330 g/mol. The average molecular weight is 348 g/mol. The normalized spacial score (nSPS) is 10.2. The van der Waals surface area contributed by atoms with E-state index >= 15 is 0 Å². The molecule has 0 aromatic heterocycles. The highest BCUT2D eigenvalue weighted by molar-refractivity contribution is 9.10. The average Bonchev–Trinajstić information content (AvgIpc) is 2.52. The second-order valence-electron chi connectivity index (χ2n) is 4.67. The smallest absolute Gasteiger partial charge is 0.252 e. The monoisotopic (exact) mass is 347 g/mol. The van der Waals surface area contributed by atoms with E-state index in [1.165, 1.54) is 0 Å². The number of hydrogen-bond donors (Lipinski definition) is 1. The molecule has 0 spiro atoms. The highest BCUT2D eigenvalue weighted by Crippen LogP contribution is 2.23. The summed E-state index contributed by atoms with van der Waals surface area (Å²) in [5.74, 6) is 0.595. The Morgan fingerprint density at radius 3 is 2.67 bits per heavy atom. The quantitative estimate of drug-likeness (QED) is 0.851. The molecule has 21 heavy (non-hydrogen) atoms. The van der Waals surface area contributed by atoms with Crippen LogP contribution in [0.3, 0.4) is 0 Å². The fourth-order valence-electron chi connectivity index (χ4n) is 1.84. The maximum atomic E-state index is 12.1. The first-order valence-electron chi connectivity index (χ1n) is 6.95. The van der Waals surface area contributed by atoms with Gasteiger partial charge in [0.2, 0.25) is 0 Å². The van der Waals surface area contributed by atoms with Crippen molar-refractivity contribution in [3.8, 4) is 5.75 Å². The maximum Gasteiger partial charge on any atom is 0.252 e. The maximum absolute atomic E-state index is 12.1. The minimum atomic E-state index is -0.0890. The predicted octanol–water partition coefficient (Wildman–Crippen LogP) is 4.17. The summed E-state index contributed by atoms with van der Waals surface area (Å²) in [5, 5.41) is 2.87. The summed E-state index contributed by atoms with van der Waals surface area (Å²) in [6, 6.07) is 15.4. The van der Waals surface area contributed by atoms with E-state index in [-0.39, 0.29) is 5.91 Å². The molecule has 0 atom stereocenters. The lowest BCUT2D eigenvalue weighted by molar-refractivity contribution is 0.0952. The van der Waals surface area contributed by atoms with Crippen molar-refractivity contribution in [1.82, 2.24) is 5.32 Å². The second-order valence-corrected chi connectivity index (χ2v) is 5.53. The molecule has 0 aliphatic heterocycles. The van der Waals surface area contributed by atoms with Gasteiger partial charge in [-0.15, -0.1) is 0 Å². The lowest BCUT2D eigenvalue weighted by Gasteiger charge is -2.10. The number of hydrogen-bond acceptors (Lipinski definition) is 2. The molecule has 0 aliphatic rings. The Morgan fingerprint density at radius 2 is 1.95 bits per heavy atom. The van der Waals surface area contributed by atoms with Crippen molar-refractivity contribution < 1.29 is 9.53 Å². The Hall–Kier alpha value is -1.81. The van der Waals surface area contributed by atoms with E-state index in [1.54, 1.807) is 6.07 Å². The van der Waals surface area contributed by atoms with Crippen molar-refractivity contribution >= 4 is 21.8 Å². The Balaban J connectivity index is 2.06. The minimum Gasteiger partial charge on any atom is -0.489 e. The van der Waals surface area contributed by atoms with Crippen molar-refractivity contribution in [1.29, 1.82) is 0 Å². The summed E-state index contributed by atoms with van der Waals surface area (Å²) in [5.41, 5.74) is 1.69. The SMILES string of the molecule is CCCNC(=O)c1cc(OCc2ccccc2)ccc1Br. The zero-order chi connectivity index (χ0) is 15.1. The molecule has 4 heteroatoms. The number of ether oxygens (including phenoxy) is 1. The Morgan fingerprint density at radius 1 is 1.19 bits per heavy atom. The molecule has 0 fully saturated rings. The van der Waals surface area contributed by atoms with Gasteiger partial charge in [0.05, 0.1) is 5.56 Å². The number of rotatable bonds is 6. The molecule has 3 nitrogen and oxygen atoms in total. The zero-order valence-corrected chi connectivity index (χ0v) is 13.5. The van der Waals surface area contributed by atoms with Gasteiger partial charge >= 0.3 is 0 Å². The summed E-state index contributed by atoms with van der Waals surface area (Å²) >= 11 is 3.40. The highest BCUT2D eigenvalue weighted by atomic mass is 79.9. The summed E-state index contributed by atoms with van der Waals surface area (Å²) in [7, 11) is 0. The van der Waals surface area contributed by atoms with Crippen molar-refractivity contribution in [3.63, 3.8) is 0 Å². The Kier molecular flexibility index (Phi) is 5.81. The number of halogens is 1. The third-order valence-electron chi connectivity index (χ3n) is 2.97. The molecule has 0 unspecified atom stereocenters. The molecule has 2 aromatic rings. The fraction of sp³-hybridized carbons (Fsp3) is 0.235. The first-order chi connectivity index (χ1) is 10.2. The van der Waals surface area contributed by atoms with Gasteiger partial charge in [0.1, 0.15) is 12.4 Å². The molecule has 0 saturated heterocycles. The van der Waals surface area contributed by atoms with E-state index in [4.69, 9.17) is 4.74 Å². The van der Waals surface area contributed by atoms with Gasteiger partial charge in [-0.25, -0.2) is 0 Å². The van der Waals surface area contributed by atoms with Crippen LogP contribution in [0.2, 0.25) is 0 Å². The van der Waals surface area contributed by atoms with E-state index in [1.807, 2.05) is 49.4 Å². The molecule has 0 aliphatic carbocycles. The molecule has 2 rings (SSSR count). The van der Waals surface area contributed by atoms with Crippen molar-refractivity contribution in [2.45, 2.75) is 20.0 Å². The predicted molar refractivity (Wildman–Crippen MR) is 87.5 cm³/mol. The van der Waals surface area contributed by atoms with E-state index < -0.39 is 0 Å². The largest absolute Gasteiger partial charge is 0.489 e. The molecular formula is C17H18BrNO2. The van der Waals surface area contributed by atoms with Gasteiger partial charge in [-0.05, 0) is 46.1 Å². The lowest BCUT2D eigenvalue weighted by Crippen LogP contribution is -2.24. The molecule has 0 heterocycles. The standard InChI is InChI=1S/C17H18BrNO2/c1-2-10-19-17(20)15-11-14(8-9-16(15)18)21-12-13-6-4-3-5-7-13/h3-9,11H,2,10,12H2,1H3,(H,19,20). The van der Waals surface area contributed by atoms with Crippen molar-refractivity contribution in [3.05, 3.63) is 64.1 Å². The van der Waals surface area contributed by atoms with Crippen LogP contribution in [-0.2, 0) is 6.61 Å². The van der Waals surface area contributed by atoms with Crippen molar-refractivity contribution in [2.24, 2.45) is 0 Å². The summed E-state index contributed by atoms with van der Waals surface area (Å²) < 4.78 is 6.51. The Bertz CT molecular complexity index is 599.